The Hall–Kier alpha value is -4.11. The van der Waals surface area contributed by atoms with E-state index in [0.29, 0.717) is 11.4 Å². The summed E-state index contributed by atoms with van der Waals surface area (Å²) in [6, 6.07) is 18.6. The van der Waals surface area contributed by atoms with Crippen molar-refractivity contribution in [2.24, 2.45) is 7.05 Å². The minimum atomic E-state index is -0.630. The molecule has 0 radical (unpaired) electrons. The fourth-order valence-electron chi connectivity index (χ4n) is 3.50. The summed E-state index contributed by atoms with van der Waals surface area (Å²) < 4.78 is 3.07. The van der Waals surface area contributed by atoms with Crippen LogP contribution in [0, 0.1) is 6.92 Å². The quantitative estimate of drug-likeness (QED) is 0.550. The van der Waals surface area contributed by atoms with E-state index in [1.165, 1.54) is 4.68 Å². The molecule has 0 unspecified atom stereocenters. The topological polar surface area (TPSA) is 93.4 Å². The molecule has 1 N–H and O–H groups in total. The van der Waals surface area contributed by atoms with Gasteiger partial charge in [-0.2, -0.15) is 0 Å². The van der Waals surface area contributed by atoms with Crippen LogP contribution < -0.4 is 10.9 Å². The molecule has 172 valence electrons. The molecular weight excluding hydrogens is 452 g/mol. The smallest absolute Gasteiger partial charge is 0.295 e. The molecule has 1 aliphatic heterocycles. The molecule has 1 saturated heterocycles. The predicted octanol–water partition coefficient (Wildman–Crippen LogP) is 3.72. The van der Waals surface area contributed by atoms with Gasteiger partial charge < -0.3 is 5.32 Å². The van der Waals surface area contributed by atoms with E-state index in [-0.39, 0.29) is 10.6 Å². The Bertz CT molecular complexity index is 1370. The summed E-state index contributed by atoms with van der Waals surface area (Å²) >= 11 is 0.773. The Kier molecular flexibility index (Phi) is 6.65. The second-order valence-corrected chi connectivity index (χ2v) is 8.54. The molecule has 34 heavy (non-hydrogen) atoms. The van der Waals surface area contributed by atoms with Gasteiger partial charge in [0.2, 0.25) is 5.91 Å². The van der Waals surface area contributed by atoms with Crippen LogP contribution in [0.1, 0.15) is 11.3 Å². The summed E-state index contributed by atoms with van der Waals surface area (Å²) in [6.45, 7) is 1.22. The lowest BCUT2D eigenvalue weighted by atomic mass is 10.2. The van der Waals surface area contributed by atoms with Crippen LogP contribution in [-0.4, -0.2) is 37.9 Å². The highest BCUT2D eigenvalue weighted by atomic mass is 32.2. The zero-order valence-corrected chi connectivity index (χ0v) is 19.4. The average molecular weight is 475 g/mol. The molecule has 9 heteroatoms. The van der Waals surface area contributed by atoms with E-state index in [2.05, 4.69) is 5.32 Å². The number of anilines is 1. The van der Waals surface area contributed by atoms with E-state index in [1.807, 2.05) is 54.6 Å². The molecule has 8 nitrogen and oxygen atoms in total. The molecule has 1 fully saturated rings. The maximum atomic E-state index is 13.0. The fourth-order valence-corrected chi connectivity index (χ4v) is 4.29. The van der Waals surface area contributed by atoms with Crippen LogP contribution in [-0.2, 0) is 16.6 Å². The van der Waals surface area contributed by atoms with Crippen molar-refractivity contribution in [2.75, 3.05) is 11.9 Å². The molecule has 1 aliphatic rings. The first-order chi connectivity index (χ1) is 16.4. The highest BCUT2D eigenvalue weighted by molar-refractivity contribution is 8.18. The molecule has 0 saturated carbocycles. The number of para-hydroxylation sites is 1. The maximum Gasteiger partial charge on any atom is 0.295 e. The molecule has 0 aliphatic carbocycles. The number of aromatic nitrogens is 2. The van der Waals surface area contributed by atoms with Gasteiger partial charge in [0.05, 0.1) is 16.3 Å². The predicted molar refractivity (Wildman–Crippen MR) is 133 cm³/mol. The van der Waals surface area contributed by atoms with Crippen LogP contribution in [0.15, 0.2) is 82.5 Å². The lowest BCUT2D eigenvalue weighted by Crippen LogP contribution is -2.37. The van der Waals surface area contributed by atoms with Crippen molar-refractivity contribution in [3.8, 4) is 5.69 Å². The minimum absolute atomic E-state index is 0.102. The number of carbonyl (C=O) groups excluding carboxylic acids is 3. The zero-order chi connectivity index (χ0) is 24.2. The Morgan fingerprint density at radius 3 is 2.32 bits per heavy atom. The van der Waals surface area contributed by atoms with Gasteiger partial charge in [-0.25, -0.2) is 4.68 Å². The number of rotatable bonds is 6. The highest BCUT2D eigenvalue weighted by Crippen LogP contribution is 2.30. The van der Waals surface area contributed by atoms with Crippen molar-refractivity contribution < 1.29 is 14.4 Å². The van der Waals surface area contributed by atoms with Crippen LogP contribution in [0.25, 0.3) is 11.8 Å². The number of amides is 3. The van der Waals surface area contributed by atoms with Crippen molar-refractivity contribution in [3.05, 3.63) is 99.3 Å². The first-order valence-corrected chi connectivity index (χ1v) is 11.3. The lowest BCUT2D eigenvalue weighted by Gasteiger charge is -2.11. The van der Waals surface area contributed by atoms with Crippen LogP contribution in [0.2, 0.25) is 0 Å². The van der Waals surface area contributed by atoms with Crippen LogP contribution in [0.3, 0.4) is 0 Å². The molecule has 2 aromatic carbocycles. The van der Waals surface area contributed by atoms with Gasteiger partial charge in [-0.05, 0) is 42.5 Å². The Morgan fingerprint density at radius 2 is 1.65 bits per heavy atom. The van der Waals surface area contributed by atoms with E-state index in [9.17, 15) is 19.2 Å². The van der Waals surface area contributed by atoms with Crippen LogP contribution in [0.4, 0.5) is 10.5 Å². The van der Waals surface area contributed by atoms with Gasteiger partial charge in [0.25, 0.3) is 16.7 Å². The molecule has 4 rings (SSSR count). The number of nitrogens with one attached hydrogen (secondary N) is 1. The van der Waals surface area contributed by atoms with Crippen molar-refractivity contribution >= 4 is 40.6 Å². The maximum absolute atomic E-state index is 13.0. The van der Waals surface area contributed by atoms with E-state index >= 15 is 0 Å². The number of hydrogen-bond acceptors (Lipinski definition) is 5. The van der Waals surface area contributed by atoms with E-state index in [4.69, 9.17) is 0 Å². The number of carbonyl (C=O) groups is 3. The van der Waals surface area contributed by atoms with Gasteiger partial charge >= 0.3 is 0 Å². The van der Waals surface area contributed by atoms with E-state index < -0.39 is 29.2 Å². The third kappa shape index (κ3) is 4.65. The molecule has 0 bridgehead atoms. The summed E-state index contributed by atoms with van der Waals surface area (Å²) in [6.07, 6.45) is 5.05. The van der Waals surface area contributed by atoms with E-state index in [1.54, 1.807) is 42.9 Å². The molecule has 2 heterocycles. The van der Waals surface area contributed by atoms with Crippen molar-refractivity contribution in [3.63, 3.8) is 0 Å². The summed E-state index contributed by atoms with van der Waals surface area (Å²) in [5.41, 5.74) is 1.85. The van der Waals surface area contributed by atoms with Crippen molar-refractivity contribution in [1.29, 1.82) is 0 Å². The molecule has 1 aromatic heterocycles. The molecule has 0 spiro atoms. The number of benzene rings is 2. The van der Waals surface area contributed by atoms with Gasteiger partial charge in [0.15, 0.2) is 0 Å². The zero-order valence-electron chi connectivity index (χ0n) is 18.6. The molecular formula is C25H22N4O4S. The first kappa shape index (κ1) is 23.1. The van der Waals surface area contributed by atoms with Crippen LogP contribution >= 0.6 is 11.8 Å². The summed E-state index contributed by atoms with van der Waals surface area (Å²) in [5.74, 6) is -1.18. The van der Waals surface area contributed by atoms with E-state index in [0.717, 1.165) is 22.2 Å². The van der Waals surface area contributed by atoms with Crippen molar-refractivity contribution in [1.82, 2.24) is 14.3 Å². The van der Waals surface area contributed by atoms with Gasteiger partial charge in [0, 0.05) is 7.05 Å². The van der Waals surface area contributed by atoms with Crippen LogP contribution in [0.5, 0.6) is 0 Å². The van der Waals surface area contributed by atoms with Gasteiger partial charge in [-0.1, -0.05) is 60.7 Å². The number of thioether (sulfide) groups is 1. The number of allylic oxidation sites excluding steroid dienone is 2. The Labute approximate surface area is 200 Å². The molecule has 3 aromatic rings. The fraction of sp³-hybridized carbons (Fsp3) is 0.120. The SMILES string of the molecule is Cc1c(NC(=O)CN2C(=O)S/C(=C/C=C/c3ccccc3)C2=O)c(=O)n(-c2ccccc2)n1C. The largest absolute Gasteiger partial charge is 0.318 e. The third-order valence-corrected chi connectivity index (χ3v) is 6.26. The van der Waals surface area contributed by atoms with Gasteiger partial charge in [-0.3, -0.25) is 28.8 Å². The standard InChI is InChI=1S/C25H22N4O4S/c1-17-22(24(32)29(27(17)2)19-13-7-4-8-14-19)26-21(30)16-28-23(31)20(34-25(28)33)15-9-12-18-10-5-3-6-11-18/h3-15H,16H2,1-2H3,(H,26,30)/b12-9+,20-15+. The van der Waals surface area contributed by atoms with Gasteiger partial charge in [0.1, 0.15) is 12.2 Å². The average Bonchev–Trinajstić information content (AvgIpc) is 3.22. The number of nitrogens with zero attached hydrogens (tertiary/aromatic N) is 3. The summed E-state index contributed by atoms with van der Waals surface area (Å²) in [5, 5.41) is 2.04. The Morgan fingerprint density at radius 1 is 1.00 bits per heavy atom. The van der Waals surface area contributed by atoms with Crippen molar-refractivity contribution in [2.45, 2.75) is 6.92 Å². The second kappa shape index (κ2) is 9.80. The monoisotopic (exact) mass is 474 g/mol. The Balaban J connectivity index is 1.47. The third-order valence-electron chi connectivity index (χ3n) is 5.33. The normalized spacial score (nSPS) is 15.0. The highest BCUT2D eigenvalue weighted by Gasteiger charge is 2.36. The minimum Gasteiger partial charge on any atom is -0.318 e. The summed E-state index contributed by atoms with van der Waals surface area (Å²) in [7, 11) is 1.71. The molecule has 3 amide bonds. The first-order valence-electron chi connectivity index (χ1n) is 10.5. The number of hydrogen-bond donors (Lipinski definition) is 1. The number of imide groups is 1. The van der Waals surface area contributed by atoms with Gasteiger partial charge in [-0.15, -0.1) is 0 Å². The molecule has 0 atom stereocenters. The second-order valence-electron chi connectivity index (χ2n) is 7.54. The summed E-state index contributed by atoms with van der Waals surface area (Å²) in [4.78, 5) is 51.7. The lowest BCUT2D eigenvalue weighted by molar-refractivity contribution is -0.127.